The topological polar surface area (TPSA) is 315 Å². The van der Waals surface area contributed by atoms with Crippen molar-refractivity contribution in [1.82, 2.24) is 5.32 Å². The van der Waals surface area contributed by atoms with Crippen LogP contribution in [0.15, 0.2) is 212 Å². The molecule has 0 fully saturated rings. The molecular weight excluding hydrogens is 1150 g/mol. The molecule has 83 heavy (non-hydrogen) atoms. The second kappa shape index (κ2) is 23.2. The summed E-state index contributed by atoms with van der Waals surface area (Å²) in [5.74, 6) is -2.62. The van der Waals surface area contributed by atoms with Gasteiger partial charge in [-0.2, -0.15) is 0 Å². The summed E-state index contributed by atoms with van der Waals surface area (Å²) in [5.41, 5.74) is 9.91. The molecule has 1 aromatic heterocycles. The van der Waals surface area contributed by atoms with E-state index in [4.69, 9.17) is 14.4 Å². The number of aromatic nitrogens is 1. The van der Waals surface area contributed by atoms with Gasteiger partial charge in [-0.3, -0.25) is 14.6 Å². The third kappa shape index (κ3) is 11.7. The summed E-state index contributed by atoms with van der Waals surface area (Å²) in [6, 6.07) is 19.5. The smallest absolute Gasteiger partial charge is 0.380 e. The molecule has 22 nitrogen and oxygen atoms in total. The van der Waals surface area contributed by atoms with E-state index in [1.807, 2.05) is 13.8 Å². The SMILES string of the molecule is C=C=C(C(=O)[O-])N1/C(=C/C=C/C=C/c2oc3ccc(SOOO)cc3[n+]2C(=C=C)C(=O)NCc2ccc3c(c2)C(C)(C)/C(=C\C=C\C2=[N+](C(=C=C)S(=O)(=O)[O-])c4ccccc4C2(C)C)N3C(=C=C)S(=O)(=O)[O-])Oc2ccc(S(=O)(=O)[O-])cc21. The van der Waals surface area contributed by atoms with Crippen LogP contribution in [0.4, 0.5) is 17.1 Å². The fourth-order valence-corrected chi connectivity index (χ4v) is 11.7. The number of nitrogens with zero attached hydrogens (tertiary/aromatic N) is 4. The number of anilines is 2. The molecule has 26 heteroatoms. The summed E-state index contributed by atoms with van der Waals surface area (Å²) in [6.07, 6.45) is 11.7. The van der Waals surface area contributed by atoms with Gasteiger partial charge in [-0.25, -0.2) is 30.5 Å². The van der Waals surface area contributed by atoms with E-state index >= 15 is 0 Å². The van der Waals surface area contributed by atoms with Crippen LogP contribution in [0.1, 0.15) is 50.3 Å². The van der Waals surface area contributed by atoms with E-state index in [0.717, 1.165) is 17.0 Å². The minimum atomic E-state index is -5.24. The third-order valence-corrected chi connectivity index (χ3v) is 16.3. The van der Waals surface area contributed by atoms with Crippen molar-refractivity contribution in [3.8, 4) is 5.75 Å². The van der Waals surface area contributed by atoms with Gasteiger partial charge in [0.2, 0.25) is 17.2 Å². The number of nitrogens with one attached hydrogen (secondary N) is 1. The number of hydrogen-bond donors (Lipinski definition) is 2. The number of carbonyl (C=O) groups is 2. The normalized spacial score (nSPS) is 16.2. The first kappa shape index (κ1) is 60.2. The number of hydrogen-bond acceptors (Lipinski definition) is 20. The summed E-state index contributed by atoms with van der Waals surface area (Å²) in [5, 5.41) is 26.0. The van der Waals surface area contributed by atoms with Crippen LogP contribution in [0.2, 0.25) is 0 Å². The van der Waals surface area contributed by atoms with E-state index < -0.39 is 73.7 Å². The van der Waals surface area contributed by atoms with Gasteiger partial charge in [-0.1, -0.05) is 92.4 Å². The summed E-state index contributed by atoms with van der Waals surface area (Å²) >= 11 is 0.622. The monoisotopic (exact) mass is 1200 g/mol. The van der Waals surface area contributed by atoms with Gasteiger partial charge in [0.05, 0.1) is 45.8 Å². The minimum absolute atomic E-state index is 0.00164. The molecule has 1 amide bonds. The summed E-state index contributed by atoms with van der Waals surface area (Å²) in [4.78, 5) is 28.3. The molecule has 0 atom stereocenters. The zero-order valence-electron chi connectivity index (χ0n) is 44.1. The second-order valence-corrected chi connectivity index (χ2v) is 23.6. The number of ether oxygens (including phenoxy) is 1. The van der Waals surface area contributed by atoms with Gasteiger partial charge in [0.25, 0.3) is 5.52 Å². The number of oxazole rings is 1. The van der Waals surface area contributed by atoms with Crippen molar-refractivity contribution >= 4 is 99.9 Å². The van der Waals surface area contributed by atoms with Crippen molar-refractivity contribution < 1.29 is 86.5 Å². The van der Waals surface area contributed by atoms with Gasteiger partial charge < -0.3 is 38.0 Å². The van der Waals surface area contributed by atoms with E-state index in [1.165, 1.54) is 68.7 Å². The first-order valence-electron chi connectivity index (χ1n) is 24.0. The zero-order chi connectivity index (χ0) is 60.6. The van der Waals surface area contributed by atoms with Gasteiger partial charge >= 0.3 is 22.5 Å². The molecule has 2 N–H and O–H groups in total. The maximum absolute atomic E-state index is 14.4. The summed E-state index contributed by atoms with van der Waals surface area (Å²) < 4.78 is 131. The highest BCUT2D eigenvalue weighted by Gasteiger charge is 2.48. The standard InChI is InChI=1S/C57H47N5O17S4/c1-9-40(59-44-32-36(80-79-78-66)26-29-46(44)76-50(59)23-14-13-15-24-51-60(41(10-2)55(64)65)45-33-37(81(67,68)69)27-30-47(45)77-51)54(63)58-34-35-25-28-43-39(31-35)57(7,8)49(62(43)53(12-4)83(73,74)75)22-18-21-48-56(5,6)38-19-16-17-20-42(38)61(48)52(11-3)82(70,71)72/h13-33H,1-4,34H2,5-8H3,(H4-2,58,63,64,65,66,67,68,69,70,71,72,73,74,75)/p-2. The second-order valence-electron chi connectivity index (χ2n) is 18.9. The molecule has 4 aromatic carbocycles. The minimum Gasteiger partial charge on any atom is -0.744 e. The third-order valence-electron chi connectivity index (χ3n) is 13.3. The first-order chi connectivity index (χ1) is 39.1. The van der Waals surface area contributed by atoms with Crippen LogP contribution in [0.3, 0.4) is 0 Å². The number of allylic oxidation sites excluding steroid dienone is 8. The molecule has 0 unspecified atom stereocenters. The number of carboxylic acid groups (broad SMARTS) is 1. The first-order valence-corrected chi connectivity index (χ1v) is 29.0. The molecule has 0 radical (unpaired) electrons. The number of amides is 1. The van der Waals surface area contributed by atoms with E-state index in [9.17, 15) is 53.6 Å². The lowest BCUT2D eigenvalue weighted by Crippen LogP contribution is -2.42. The quantitative estimate of drug-likeness (QED) is 0.0127. The van der Waals surface area contributed by atoms with Crippen molar-refractivity contribution in [3.63, 3.8) is 0 Å². The number of para-hydroxylation sites is 1. The molecule has 426 valence electrons. The van der Waals surface area contributed by atoms with E-state index in [2.05, 4.69) is 63.9 Å². The highest BCUT2D eigenvalue weighted by atomic mass is 32.2. The Morgan fingerprint density at radius 1 is 0.783 bits per heavy atom. The fourth-order valence-electron chi connectivity index (χ4n) is 9.59. The lowest BCUT2D eigenvalue weighted by molar-refractivity contribution is -0.557. The molecule has 0 saturated carbocycles. The van der Waals surface area contributed by atoms with Crippen molar-refractivity contribution in [2.75, 3.05) is 9.80 Å². The Kier molecular flexibility index (Phi) is 16.8. The zero-order valence-corrected chi connectivity index (χ0v) is 47.3. The predicted octanol–water partition coefficient (Wildman–Crippen LogP) is 6.68. The number of carbonyl (C=O) groups excluding carboxylic acids is 2. The average molecular weight is 1200 g/mol. The van der Waals surface area contributed by atoms with Crippen LogP contribution < -0.4 is 29.5 Å². The van der Waals surface area contributed by atoms with Gasteiger partial charge in [-0.05, 0) is 98.1 Å². The van der Waals surface area contributed by atoms with Crippen LogP contribution in [-0.2, 0) is 66.7 Å². The van der Waals surface area contributed by atoms with Crippen molar-refractivity contribution in [3.05, 3.63) is 221 Å². The van der Waals surface area contributed by atoms with Crippen LogP contribution in [0.25, 0.3) is 22.9 Å². The molecule has 8 rings (SSSR count). The molecule has 3 aliphatic heterocycles. The molecular formula is C57H45N5O17S4-2. The Morgan fingerprint density at radius 2 is 1.52 bits per heavy atom. The largest absolute Gasteiger partial charge is 0.744 e. The van der Waals surface area contributed by atoms with E-state index in [0.29, 0.717) is 45.0 Å². The average Bonchev–Trinajstić information content (AvgIpc) is 2.00. The van der Waals surface area contributed by atoms with Crippen LogP contribution in [-0.4, -0.2) is 66.3 Å². The van der Waals surface area contributed by atoms with Gasteiger partial charge in [0.15, 0.2) is 26.6 Å². The number of rotatable bonds is 19. The van der Waals surface area contributed by atoms with Crippen molar-refractivity contribution in [2.45, 2.75) is 54.9 Å². The van der Waals surface area contributed by atoms with Gasteiger partial charge in [-0.15, -0.1) is 19.2 Å². The molecule has 0 aliphatic carbocycles. The molecule has 5 aromatic rings. The van der Waals surface area contributed by atoms with Gasteiger partial charge in [0, 0.05) is 46.3 Å². The molecule has 0 saturated heterocycles. The van der Waals surface area contributed by atoms with Gasteiger partial charge in [0.1, 0.15) is 25.9 Å². The highest BCUT2D eigenvalue weighted by Crippen LogP contribution is 2.51. The molecule has 0 bridgehead atoms. The van der Waals surface area contributed by atoms with Crippen LogP contribution in [0.5, 0.6) is 5.75 Å². The predicted molar refractivity (Wildman–Crippen MR) is 297 cm³/mol. The number of aliphatic carboxylic acids is 1. The maximum atomic E-state index is 14.4. The summed E-state index contributed by atoms with van der Waals surface area (Å²) in [6.45, 7) is 21.1. The molecule has 3 aliphatic rings. The van der Waals surface area contributed by atoms with E-state index in [-0.39, 0.29) is 57.9 Å². The molecule has 0 spiro atoms. The number of benzene rings is 4. The Labute approximate surface area is 480 Å². The number of fused-ring (bicyclic) bond motifs is 4. The maximum Gasteiger partial charge on any atom is 0.380 e. The Morgan fingerprint density at radius 3 is 2.16 bits per heavy atom. The van der Waals surface area contributed by atoms with Crippen molar-refractivity contribution in [2.24, 2.45) is 0 Å². The van der Waals surface area contributed by atoms with Crippen molar-refractivity contribution in [1.29, 1.82) is 0 Å². The highest BCUT2D eigenvalue weighted by molar-refractivity contribution is 7.94. The lowest BCUT2D eigenvalue weighted by Gasteiger charge is -2.28. The Bertz CT molecular complexity index is 4400. The fraction of sp³-hybridized carbons (Fsp3) is 0.123. The summed E-state index contributed by atoms with van der Waals surface area (Å²) in [7, 11) is -15.3. The Balaban J connectivity index is 1.11. The Hall–Kier alpha value is -8.90. The lowest BCUT2D eigenvalue weighted by atomic mass is 9.81. The molecule has 4 heterocycles. The van der Waals surface area contributed by atoms with E-state index in [1.54, 1.807) is 74.5 Å². The van der Waals surface area contributed by atoms with Crippen LogP contribution >= 0.6 is 12.0 Å². The van der Waals surface area contributed by atoms with Crippen LogP contribution in [0, 0.1) is 0 Å². The number of carboxylic acids is 1.